The minimum Gasteiger partial charge on any atom is -0.481 e. The molecule has 116 valence electrons. The maximum Gasteiger partial charge on any atom is 0.306 e. The lowest BCUT2D eigenvalue weighted by Gasteiger charge is -2.15. The molecule has 0 aromatic carbocycles. The highest BCUT2D eigenvalue weighted by Gasteiger charge is 2.33. The summed E-state index contributed by atoms with van der Waals surface area (Å²) in [6.07, 6.45) is 2.41. The lowest BCUT2D eigenvalue weighted by molar-refractivity contribution is -0.142. The van der Waals surface area contributed by atoms with Gasteiger partial charge in [-0.3, -0.25) is 14.7 Å². The van der Waals surface area contributed by atoms with Crippen LogP contribution < -0.4 is 5.32 Å². The number of carbonyl (C=O) groups is 2. The van der Waals surface area contributed by atoms with E-state index in [1.54, 1.807) is 0 Å². The lowest BCUT2D eigenvalue weighted by Crippen LogP contribution is -2.33. The van der Waals surface area contributed by atoms with Crippen molar-refractivity contribution >= 4 is 11.9 Å². The van der Waals surface area contributed by atoms with Crippen molar-refractivity contribution in [2.75, 3.05) is 6.54 Å². The Morgan fingerprint density at radius 1 is 1.38 bits per heavy atom. The van der Waals surface area contributed by atoms with E-state index in [4.69, 9.17) is 5.11 Å². The second-order valence-corrected chi connectivity index (χ2v) is 6.60. The van der Waals surface area contributed by atoms with E-state index in [1.165, 1.54) is 0 Å². The molecule has 1 saturated carbocycles. The zero-order valence-corrected chi connectivity index (χ0v) is 12.6. The molecule has 1 aliphatic rings. The summed E-state index contributed by atoms with van der Waals surface area (Å²) in [5, 5.41) is 18.5. The molecule has 1 amide bonds. The number of carboxylic acid groups (broad SMARTS) is 1. The molecule has 1 fully saturated rings. The standard InChI is InChI=1S/C14H22N4O3/c1-14(2,3)13-16-10(17-18-13)11(19)15-7-8-5-4-6-9(8)12(20)21/h8-9H,4-7H2,1-3H3,(H,15,19)(H,20,21)(H,16,17,18). The Morgan fingerprint density at radius 2 is 2.10 bits per heavy atom. The van der Waals surface area contributed by atoms with Gasteiger partial charge in [0.1, 0.15) is 5.82 Å². The van der Waals surface area contributed by atoms with E-state index in [0.29, 0.717) is 18.8 Å². The number of nitrogens with one attached hydrogen (secondary N) is 2. The van der Waals surface area contributed by atoms with Crippen LogP contribution in [-0.2, 0) is 10.2 Å². The van der Waals surface area contributed by atoms with Crippen LogP contribution >= 0.6 is 0 Å². The maximum atomic E-state index is 12.0. The van der Waals surface area contributed by atoms with E-state index in [0.717, 1.165) is 12.8 Å². The summed E-state index contributed by atoms with van der Waals surface area (Å²) in [5.74, 6) is -0.755. The second kappa shape index (κ2) is 5.83. The number of H-pyrrole nitrogens is 1. The number of hydrogen-bond acceptors (Lipinski definition) is 4. The highest BCUT2D eigenvalue weighted by Crippen LogP contribution is 2.31. The fraction of sp³-hybridized carbons (Fsp3) is 0.714. The van der Waals surface area contributed by atoms with Crippen LogP contribution in [0.15, 0.2) is 0 Å². The predicted octanol–water partition coefficient (Wildman–Crippen LogP) is 1.33. The van der Waals surface area contributed by atoms with E-state index in [2.05, 4.69) is 20.5 Å². The Labute approximate surface area is 123 Å². The average molecular weight is 294 g/mol. The summed E-state index contributed by atoms with van der Waals surface area (Å²) in [7, 11) is 0. The van der Waals surface area contributed by atoms with Gasteiger partial charge in [0.2, 0.25) is 5.82 Å². The molecule has 0 radical (unpaired) electrons. The summed E-state index contributed by atoms with van der Waals surface area (Å²) in [6.45, 7) is 6.29. The van der Waals surface area contributed by atoms with Crippen molar-refractivity contribution in [3.05, 3.63) is 11.6 Å². The molecule has 1 aliphatic carbocycles. The van der Waals surface area contributed by atoms with Gasteiger partial charge in [-0.2, -0.15) is 0 Å². The van der Waals surface area contributed by atoms with Gasteiger partial charge in [-0.05, 0) is 18.8 Å². The predicted molar refractivity (Wildman–Crippen MR) is 75.9 cm³/mol. The number of amides is 1. The molecule has 0 aliphatic heterocycles. The highest BCUT2D eigenvalue weighted by molar-refractivity contribution is 5.90. The Balaban J connectivity index is 1.93. The van der Waals surface area contributed by atoms with E-state index >= 15 is 0 Å². The molecule has 0 bridgehead atoms. The molecule has 2 rings (SSSR count). The van der Waals surface area contributed by atoms with Crippen LogP contribution in [0.25, 0.3) is 0 Å². The van der Waals surface area contributed by atoms with Gasteiger partial charge in [-0.1, -0.05) is 27.2 Å². The maximum absolute atomic E-state index is 12.0. The van der Waals surface area contributed by atoms with Crippen molar-refractivity contribution in [1.29, 1.82) is 0 Å². The van der Waals surface area contributed by atoms with Gasteiger partial charge in [-0.25, -0.2) is 4.98 Å². The van der Waals surface area contributed by atoms with Crippen LogP contribution in [0.5, 0.6) is 0 Å². The number of aromatic amines is 1. The molecule has 0 saturated heterocycles. The number of aromatic nitrogens is 3. The van der Waals surface area contributed by atoms with Gasteiger partial charge in [0, 0.05) is 12.0 Å². The van der Waals surface area contributed by atoms with Crippen LogP contribution in [0.3, 0.4) is 0 Å². The highest BCUT2D eigenvalue weighted by atomic mass is 16.4. The minimum atomic E-state index is -0.778. The quantitative estimate of drug-likeness (QED) is 0.776. The first kappa shape index (κ1) is 15.5. The summed E-state index contributed by atoms with van der Waals surface area (Å²) >= 11 is 0. The van der Waals surface area contributed by atoms with Crippen LogP contribution in [0.4, 0.5) is 0 Å². The fourth-order valence-electron chi connectivity index (χ4n) is 2.61. The lowest BCUT2D eigenvalue weighted by atomic mass is 9.96. The zero-order valence-electron chi connectivity index (χ0n) is 12.6. The summed E-state index contributed by atoms with van der Waals surface area (Å²) in [5.41, 5.74) is -0.203. The van der Waals surface area contributed by atoms with Crippen LogP contribution in [0.2, 0.25) is 0 Å². The molecule has 1 heterocycles. The van der Waals surface area contributed by atoms with E-state index < -0.39 is 5.97 Å². The molecule has 1 aromatic rings. The SMILES string of the molecule is CC(C)(C)c1nc(C(=O)NCC2CCCC2C(=O)O)n[nH]1. The smallest absolute Gasteiger partial charge is 0.306 e. The number of carboxylic acids is 1. The van der Waals surface area contributed by atoms with Gasteiger partial charge < -0.3 is 10.4 Å². The molecule has 21 heavy (non-hydrogen) atoms. The van der Waals surface area contributed by atoms with Crippen molar-refractivity contribution in [3.63, 3.8) is 0 Å². The van der Waals surface area contributed by atoms with Crippen molar-refractivity contribution < 1.29 is 14.7 Å². The Bertz CT molecular complexity index is 533. The molecule has 2 atom stereocenters. The topological polar surface area (TPSA) is 108 Å². The first-order valence-electron chi connectivity index (χ1n) is 7.23. The van der Waals surface area contributed by atoms with Crippen LogP contribution in [-0.4, -0.2) is 38.7 Å². The molecule has 7 heteroatoms. The fourth-order valence-corrected chi connectivity index (χ4v) is 2.61. The number of carbonyl (C=O) groups excluding carboxylic acids is 1. The number of hydrogen-bond donors (Lipinski definition) is 3. The summed E-state index contributed by atoms with van der Waals surface area (Å²) in [4.78, 5) is 27.3. The van der Waals surface area contributed by atoms with Crippen molar-refractivity contribution in [1.82, 2.24) is 20.5 Å². The Morgan fingerprint density at radius 3 is 2.67 bits per heavy atom. The molecule has 1 aromatic heterocycles. The summed E-state index contributed by atoms with van der Waals surface area (Å²) < 4.78 is 0. The first-order chi connectivity index (χ1) is 9.79. The third kappa shape index (κ3) is 3.59. The van der Waals surface area contributed by atoms with Crippen molar-refractivity contribution in [3.8, 4) is 0 Å². The molecule has 2 unspecified atom stereocenters. The molecule has 3 N–H and O–H groups in total. The number of rotatable bonds is 4. The minimum absolute atomic E-state index is 0.00696. The van der Waals surface area contributed by atoms with Crippen LogP contribution in [0.1, 0.15) is 56.5 Å². The normalized spacial score (nSPS) is 22.2. The molecule has 0 spiro atoms. The zero-order chi connectivity index (χ0) is 15.6. The largest absolute Gasteiger partial charge is 0.481 e. The first-order valence-corrected chi connectivity index (χ1v) is 7.23. The van der Waals surface area contributed by atoms with Gasteiger partial charge in [0.15, 0.2) is 0 Å². The second-order valence-electron chi connectivity index (χ2n) is 6.60. The van der Waals surface area contributed by atoms with Crippen molar-refractivity contribution in [2.45, 2.75) is 45.4 Å². The molecular formula is C14H22N4O3. The molecular weight excluding hydrogens is 272 g/mol. The number of nitrogens with zero attached hydrogens (tertiary/aromatic N) is 2. The van der Waals surface area contributed by atoms with Gasteiger partial charge in [0.25, 0.3) is 5.91 Å². The average Bonchev–Trinajstić information content (AvgIpc) is 3.03. The van der Waals surface area contributed by atoms with Gasteiger partial charge >= 0.3 is 5.97 Å². The van der Waals surface area contributed by atoms with Crippen LogP contribution in [0, 0.1) is 11.8 Å². The molecule has 7 nitrogen and oxygen atoms in total. The van der Waals surface area contributed by atoms with Crippen molar-refractivity contribution in [2.24, 2.45) is 11.8 Å². The number of aliphatic carboxylic acids is 1. The van der Waals surface area contributed by atoms with E-state index in [-0.39, 0.29) is 29.0 Å². The van der Waals surface area contributed by atoms with E-state index in [1.807, 2.05) is 20.8 Å². The Kier molecular flexibility index (Phi) is 4.29. The summed E-state index contributed by atoms with van der Waals surface area (Å²) in [6, 6.07) is 0. The van der Waals surface area contributed by atoms with Gasteiger partial charge in [-0.15, -0.1) is 5.10 Å². The third-order valence-corrected chi connectivity index (χ3v) is 3.90. The van der Waals surface area contributed by atoms with Gasteiger partial charge in [0.05, 0.1) is 5.92 Å². The van der Waals surface area contributed by atoms with E-state index in [9.17, 15) is 9.59 Å². The Hall–Kier alpha value is -1.92. The monoisotopic (exact) mass is 294 g/mol. The third-order valence-electron chi connectivity index (χ3n) is 3.90.